The van der Waals surface area contributed by atoms with Crippen molar-refractivity contribution in [1.82, 2.24) is 9.38 Å². The van der Waals surface area contributed by atoms with Gasteiger partial charge in [0.2, 0.25) is 0 Å². The van der Waals surface area contributed by atoms with E-state index in [1.807, 2.05) is 28.9 Å². The van der Waals surface area contributed by atoms with E-state index < -0.39 is 0 Å². The normalized spacial score (nSPS) is 11.0. The fourth-order valence-electron chi connectivity index (χ4n) is 1.97. The van der Waals surface area contributed by atoms with Crippen LogP contribution in [0.4, 0.5) is 0 Å². The van der Waals surface area contributed by atoms with Gasteiger partial charge < -0.3 is 4.40 Å². The minimum atomic E-state index is 0.517. The molecule has 2 heterocycles. The van der Waals surface area contributed by atoms with Gasteiger partial charge in [0, 0.05) is 23.8 Å². The average Bonchev–Trinajstić information content (AvgIpc) is 2.82. The fraction of sp³-hybridized carbons (Fsp3) is 0.133. The highest BCUT2D eigenvalue weighted by Gasteiger charge is 2.04. The van der Waals surface area contributed by atoms with Gasteiger partial charge in [0.25, 0.3) is 0 Å². The van der Waals surface area contributed by atoms with Crippen LogP contribution in [0.2, 0.25) is 0 Å². The van der Waals surface area contributed by atoms with Crippen molar-refractivity contribution in [2.75, 3.05) is 0 Å². The number of nitrogens with zero attached hydrogens (tertiary/aromatic N) is 2. The lowest BCUT2D eigenvalue weighted by Crippen LogP contribution is -1.84. The summed E-state index contributed by atoms with van der Waals surface area (Å²) in [6.07, 6.45) is 4.04. The Morgan fingerprint density at radius 3 is 2.67 bits per heavy atom. The lowest BCUT2D eigenvalue weighted by Gasteiger charge is -1.96. The fourth-order valence-corrected chi connectivity index (χ4v) is 2.14. The number of alkyl halides is 1. The summed E-state index contributed by atoms with van der Waals surface area (Å²) in [4.78, 5) is 4.63. The lowest BCUT2D eigenvalue weighted by molar-refractivity contribution is 1.16. The van der Waals surface area contributed by atoms with Crippen molar-refractivity contribution in [2.24, 2.45) is 0 Å². The predicted octanol–water partition coefficient (Wildman–Crippen LogP) is 4.05. The second-order valence-corrected chi connectivity index (χ2v) is 4.69. The Balaban J connectivity index is 2.10. The van der Waals surface area contributed by atoms with Crippen LogP contribution < -0.4 is 0 Å². The molecule has 1 aromatic carbocycles. The molecule has 2 nitrogen and oxygen atoms in total. The van der Waals surface area contributed by atoms with Crippen LogP contribution in [0.15, 0.2) is 48.8 Å². The first kappa shape index (κ1) is 11.3. The molecule has 0 atom stereocenters. The van der Waals surface area contributed by atoms with Crippen LogP contribution in [0.5, 0.6) is 0 Å². The van der Waals surface area contributed by atoms with E-state index in [1.54, 1.807) is 0 Å². The molecule has 0 amide bonds. The van der Waals surface area contributed by atoms with Crippen molar-refractivity contribution in [3.05, 3.63) is 59.9 Å². The summed E-state index contributed by atoms with van der Waals surface area (Å²) >= 11 is 5.83. The summed E-state index contributed by atoms with van der Waals surface area (Å²) in [5.74, 6) is 0.517. The second kappa shape index (κ2) is 4.46. The van der Waals surface area contributed by atoms with Crippen molar-refractivity contribution >= 4 is 17.2 Å². The molecule has 18 heavy (non-hydrogen) atoms. The monoisotopic (exact) mass is 256 g/mol. The number of pyridine rings is 1. The highest BCUT2D eigenvalue weighted by molar-refractivity contribution is 6.17. The van der Waals surface area contributed by atoms with Gasteiger partial charge in [-0.2, -0.15) is 0 Å². The first-order valence-corrected chi connectivity index (χ1v) is 6.40. The van der Waals surface area contributed by atoms with E-state index in [0.717, 1.165) is 22.5 Å². The number of hydrogen-bond acceptors (Lipinski definition) is 1. The molecule has 0 saturated carbocycles. The molecule has 90 valence electrons. The van der Waals surface area contributed by atoms with Crippen molar-refractivity contribution in [3.8, 4) is 11.3 Å². The minimum Gasteiger partial charge on any atom is -0.306 e. The number of benzene rings is 1. The molecule has 0 radical (unpaired) electrons. The zero-order valence-electron chi connectivity index (χ0n) is 10.1. The third-order valence-corrected chi connectivity index (χ3v) is 3.33. The van der Waals surface area contributed by atoms with Crippen molar-refractivity contribution in [3.63, 3.8) is 0 Å². The molecule has 2 aromatic heterocycles. The third kappa shape index (κ3) is 2.00. The zero-order chi connectivity index (χ0) is 12.5. The van der Waals surface area contributed by atoms with E-state index in [4.69, 9.17) is 11.6 Å². The summed E-state index contributed by atoms with van der Waals surface area (Å²) < 4.78 is 2.02. The van der Waals surface area contributed by atoms with E-state index in [9.17, 15) is 0 Å². The van der Waals surface area contributed by atoms with Gasteiger partial charge in [-0.25, -0.2) is 4.98 Å². The maximum atomic E-state index is 5.83. The minimum absolute atomic E-state index is 0.517. The van der Waals surface area contributed by atoms with E-state index in [0.29, 0.717) is 5.88 Å². The van der Waals surface area contributed by atoms with Crippen LogP contribution in [-0.2, 0) is 5.88 Å². The molecule has 0 bridgehead atoms. The van der Waals surface area contributed by atoms with Crippen LogP contribution in [0.25, 0.3) is 16.9 Å². The maximum Gasteiger partial charge on any atom is 0.137 e. The molecule has 0 spiro atoms. The van der Waals surface area contributed by atoms with E-state index >= 15 is 0 Å². The van der Waals surface area contributed by atoms with Gasteiger partial charge in [0.1, 0.15) is 5.65 Å². The number of aryl methyl sites for hydroxylation is 1. The summed E-state index contributed by atoms with van der Waals surface area (Å²) in [7, 11) is 0. The van der Waals surface area contributed by atoms with Crippen molar-refractivity contribution < 1.29 is 0 Å². The highest BCUT2D eigenvalue weighted by Crippen LogP contribution is 2.20. The number of aromatic nitrogens is 2. The Labute approximate surface area is 111 Å². The van der Waals surface area contributed by atoms with Crippen LogP contribution in [0.1, 0.15) is 11.1 Å². The quantitative estimate of drug-likeness (QED) is 0.633. The first-order valence-electron chi connectivity index (χ1n) is 5.87. The van der Waals surface area contributed by atoms with Crippen LogP contribution >= 0.6 is 11.6 Å². The van der Waals surface area contributed by atoms with E-state index in [2.05, 4.69) is 36.2 Å². The van der Waals surface area contributed by atoms with Gasteiger partial charge in [-0.1, -0.05) is 29.8 Å². The van der Waals surface area contributed by atoms with Crippen molar-refractivity contribution in [2.45, 2.75) is 12.8 Å². The number of rotatable bonds is 2. The predicted molar refractivity (Wildman–Crippen MR) is 74.9 cm³/mol. The van der Waals surface area contributed by atoms with Gasteiger partial charge in [-0.3, -0.25) is 0 Å². The Morgan fingerprint density at radius 2 is 1.94 bits per heavy atom. The summed E-state index contributed by atoms with van der Waals surface area (Å²) in [5.41, 5.74) is 5.40. The molecule has 0 aliphatic rings. The molecule has 3 rings (SSSR count). The Kier molecular flexibility index (Phi) is 2.80. The maximum absolute atomic E-state index is 5.83. The standard InChI is InChI=1S/C15H13ClN2/c1-11-2-4-13(5-3-11)14-10-18-7-6-12(9-16)8-15(18)17-14/h2-8,10H,9H2,1H3. The van der Waals surface area contributed by atoms with Gasteiger partial charge in [0.05, 0.1) is 5.69 Å². The number of fused-ring (bicyclic) bond motifs is 1. The topological polar surface area (TPSA) is 17.3 Å². The average molecular weight is 257 g/mol. The smallest absolute Gasteiger partial charge is 0.137 e. The molecule has 3 aromatic rings. The molecule has 0 aliphatic heterocycles. The SMILES string of the molecule is Cc1ccc(-c2cn3ccc(CCl)cc3n2)cc1. The Morgan fingerprint density at radius 1 is 1.17 bits per heavy atom. The van der Waals surface area contributed by atoms with Crippen molar-refractivity contribution in [1.29, 1.82) is 0 Å². The summed E-state index contributed by atoms with van der Waals surface area (Å²) in [6, 6.07) is 12.4. The van der Waals surface area contributed by atoms with E-state index in [-0.39, 0.29) is 0 Å². The molecule has 0 aliphatic carbocycles. The third-order valence-electron chi connectivity index (χ3n) is 3.03. The summed E-state index contributed by atoms with van der Waals surface area (Å²) in [5, 5.41) is 0. The van der Waals surface area contributed by atoms with Crippen LogP contribution in [-0.4, -0.2) is 9.38 Å². The number of halogens is 1. The number of hydrogen-bond donors (Lipinski definition) is 0. The Hall–Kier alpha value is -1.80. The van der Waals surface area contributed by atoms with Crippen LogP contribution in [0.3, 0.4) is 0 Å². The second-order valence-electron chi connectivity index (χ2n) is 4.43. The van der Waals surface area contributed by atoms with Gasteiger partial charge >= 0.3 is 0 Å². The molecular formula is C15H13ClN2. The molecule has 0 unspecified atom stereocenters. The molecular weight excluding hydrogens is 244 g/mol. The molecule has 3 heteroatoms. The largest absolute Gasteiger partial charge is 0.306 e. The molecule has 0 saturated heterocycles. The molecule has 0 N–H and O–H groups in total. The highest BCUT2D eigenvalue weighted by atomic mass is 35.5. The van der Waals surface area contributed by atoms with Crippen LogP contribution in [0, 0.1) is 6.92 Å². The van der Waals surface area contributed by atoms with Gasteiger partial charge in [-0.15, -0.1) is 11.6 Å². The zero-order valence-corrected chi connectivity index (χ0v) is 10.9. The summed E-state index contributed by atoms with van der Waals surface area (Å²) in [6.45, 7) is 2.08. The lowest BCUT2D eigenvalue weighted by atomic mass is 10.1. The molecule has 0 fully saturated rings. The van der Waals surface area contributed by atoms with E-state index in [1.165, 1.54) is 5.56 Å². The van der Waals surface area contributed by atoms with Gasteiger partial charge in [-0.05, 0) is 24.6 Å². The Bertz CT molecular complexity index is 683. The first-order chi connectivity index (χ1) is 8.76. The number of imidazole rings is 1. The van der Waals surface area contributed by atoms with Gasteiger partial charge in [0.15, 0.2) is 0 Å².